The summed E-state index contributed by atoms with van der Waals surface area (Å²) in [5.74, 6) is 2.84. The molecule has 1 aromatic carbocycles. The van der Waals surface area contributed by atoms with Gasteiger partial charge in [-0.3, -0.25) is 4.79 Å². The first-order valence-corrected chi connectivity index (χ1v) is 11.7. The number of anilines is 2. The molecule has 0 radical (unpaired) electrons. The number of nitrogens with zero attached hydrogens (tertiary/aromatic N) is 5. The first kappa shape index (κ1) is 23.9. The lowest BCUT2D eigenvalue weighted by Crippen LogP contribution is -2.52. The number of aromatic nitrogens is 2. The number of hydrogen-bond acceptors (Lipinski definition) is 7. The smallest absolute Gasteiger partial charge is 0.259 e. The number of pyridine rings is 1. The highest BCUT2D eigenvalue weighted by molar-refractivity contribution is 6.10. The quantitative estimate of drug-likeness (QED) is 0.206. The van der Waals surface area contributed by atoms with Gasteiger partial charge in [0.2, 0.25) is 0 Å². The normalized spacial score (nSPS) is 18.2. The highest BCUT2D eigenvalue weighted by Crippen LogP contribution is 2.39. The Labute approximate surface area is 206 Å². The molecule has 1 amide bonds. The van der Waals surface area contributed by atoms with Gasteiger partial charge in [0, 0.05) is 49.1 Å². The number of nitrogens with one attached hydrogen (secondary N) is 1. The lowest BCUT2D eigenvalue weighted by atomic mass is 9.88. The fraction of sp³-hybridized carbons (Fsp3) is 0.375. The zero-order chi connectivity index (χ0) is 25.4. The van der Waals surface area contributed by atoms with Crippen LogP contribution in [0.2, 0.25) is 0 Å². The van der Waals surface area contributed by atoms with E-state index in [0.29, 0.717) is 35.5 Å². The van der Waals surface area contributed by atoms with Gasteiger partial charge in [-0.2, -0.15) is 5.10 Å². The number of aryl methyl sites for hydroxylation is 1. The van der Waals surface area contributed by atoms with Crippen molar-refractivity contribution in [2.24, 2.45) is 16.7 Å². The van der Waals surface area contributed by atoms with Gasteiger partial charge in [-0.1, -0.05) is 12.1 Å². The average molecular weight is 499 g/mol. The van der Waals surface area contributed by atoms with E-state index in [-0.39, 0.29) is 24.6 Å². The van der Waals surface area contributed by atoms with Gasteiger partial charge in [0.05, 0.1) is 36.5 Å². The van der Waals surface area contributed by atoms with Crippen LogP contribution >= 0.6 is 0 Å². The molecule has 0 unspecified atom stereocenters. The monoisotopic (exact) mass is 498 g/mol. The fourth-order valence-electron chi connectivity index (χ4n) is 4.35. The summed E-state index contributed by atoms with van der Waals surface area (Å²) in [6.45, 7) is 4.74. The summed E-state index contributed by atoms with van der Waals surface area (Å²) in [4.78, 5) is 15.4. The van der Waals surface area contributed by atoms with E-state index in [1.54, 1.807) is 22.7 Å². The number of halogens is 2. The molecule has 3 heterocycles. The average Bonchev–Trinajstić information content (AvgIpc) is 3.27. The van der Waals surface area contributed by atoms with Crippen LogP contribution in [0, 0.1) is 6.92 Å². The van der Waals surface area contributed by atoms with Crippen molar-refractivity contribution in [3.05, 3.63) is 59.4 Å². The molecule has 2 fully saturated rings. The molecule has 5 rings (SSSR count). The van der Waals surface area contributed by atoms with Crippen LogP contribution in [0.1, 0.15) is 34.3 Å². The lowest BCUT2D eigenvalue weighted by molar-refractivity contribution is -0.124. The number of hydrogen-bond donors (Lipinski definition) is 3. The largest absolute Gasteiger partial charge is 0.382 e. The second-order valence-electron chi connectivity index (χ2n) is 9.14. The predicted molar refractivity (Wildman–Crippen MR) is 132 cm³/mol. The summed E-state index contributed by atoms with van der Waals surface area (Å²) >= 11 is 0. The van der Waals surface area contributed by atoms with E-state index in [0.717, 1.165) is 29.5 Å². The van der Waals surface area contributed by atoms with Gasteiger partial charge in [-0.05, 0) is 30.7 Å². The predicted octanol–water partition coefficient (Wildman–Crippen LogP) is 2.33. The van der Waals surface area contributed by atoms with Gasteiger partial charge < -0.3 is 20.7 Å². The zero-order valence-electron chi connectivity index (χ0n) is 19.8. The number of hydrazine groups is 1. The zero-order valence-corrected chi connectivity index (χ0v) is 19.8. The van der Waals surface area contributed by atoms with Crippen molar-refractivity contribution in [2.75, 3.05) is 36.5 Å². The van der Waals surface area contributed by atoms with Crippen LogP contribution in [0.4, 0.5) is 20.2 Å². The Kier molecular flexibility index (Phi) is 6.22. The van der Waals surface area contributed by atoms with Gasteiger partial charge in [0.15, 0.2) is 5.84 Å². The number of morpholine rings is 1. The van der Waals surface area contributed by atoms with Gasteiger partial charge in [-0.15, -0.1) is 5.10 Å². The number of amides is 1. The maximum atomic E-state index is 13.2. The third kappa shape index (κ3) is 4.82. The van der Waals surface area contributed by atoms with E-state index in [1.165, 1.54) is 6.20 Å². The first-order valence-electron chi connectivity index (χ1n) is 11.7. The summed E-state index contributed by atoms with van der Waals surface area (Å²) in [7, 11) is 0. The van der Waals surface area contributed by atoms with Crippen molar-refractivity contribution >= 4 is 28.6 Å². The van der Waals surface area contributed by atoms with E-state index in [4.69, 9.17) is 16.3 Å². The summed E-state index contributed by atoms with van der Waals surface area (Å²) in [6, 6.07) is 8.55. The van der Waals surface area contributed by atoms with Crippen molar-refractivity contribution in [1.82, 2.24) is 14.7 Å². The minimum absolute atomic E-state index is 0.0642. The molecule has 10 nitrogen and oxygen atoms in total. The van der Waals surface area contributed by atoms with Crippen LogP contribution < -0.4 is 21.8 Å². The molecule has 1 aliphatic heterocycles. The third-order valence-corrected chi connectivity index (χ3v) is 6.57. The Morgan fingerprint density at radius 2 is 2.00 bits per heavy atom. The highest BCUT2D eigenvalue weighted by atomic mass is 19.3. The Bertz CT molecular complexity index is 1310. The molecule has 190 valence electrons. The SMILES string of the molecule is Cc1ccc(/C(N)=N/N(N)C2CC(F)(F)C2)cc1NC(=O)c1cnn2ccc(N3CCOCC3)cc12. The Hall–Kier alpha value is -3.77. The molecule has 2 aromatic heterocycles. The molecule has 0 atom stereocenters. The van der Waals surface area contributed by atoms with Gasteiger partial charge in [0.25, 0.3) is 11.8 Å². The van der Waals surface area contributed by atoms with Crippen molar-refractivity contribution in [3.63, 3.8) is 0 Å². The number of nitrogens with two attached hydrogens (primary N) is 2. The second-order valence-corrected chi connectivity index (χ2v) is 9.14. The summed E-state index contributed by atoms with van der Waals surface area (Å²) in [5, 5.41) is 12.3. The van der Waals surface area contributed by atoms with E-state index in [1.807, 2.05) is 25.3 Å². The summed E-state index contributed by atoms with van der Waals surface area (Å²) < 4.78 is 33.4. The third-order valence-electron chi connectivity index (χ3n) is 6.57. The van der Waals surface area contributed by atoms with Crippen molar-refractivity contribution in [1.29, 1.82) is 0 Å². The molecular formula is C24H28F2N8O2. The second kappa shape index (κ2) is 9.36. The topological polar surface area (TPSA) is 127 Å². The van der Waals surface area contributed by atoms with E-state index < -0.39 is 12.0 Å². The number of carbonyl (C=O) groups excluding carboxylic acids is 1. The van der Waals surface area contributed by atoms with Crippen molar-refractivity contribution in [2.45, 2.75) is 31.7 Å². The number of rotatable bonds is 6. The molecule has 0 spiro atoms. The van der Waals surface area contributed by atoms with Crippen LogP contribution in [-0.2, 0) is 4.74 Å². The maximum Gasteiger partial charge on any atom is 0.259 e. The maximum absolute atomic E-state index is 13.2. The molecule has 3 aromatic rings. The molecule has 1 aliphatic carbocycles. The van der Waals surface area contributed by atoms with Gasteiger partial charge in [-0.25, -0.2) is 24.3 Å². The molecule has 36 heavy (non-hydrogen) atoms. The van der Waals surface area contributed by atoms with Gasteiger partial charge >= 0.3 is 0 Å². The molecule has 0 bridgehead atoms. The summed E-state index contributed by atoms with van der Waals surface area (Å²) in [6.07, 6.45) is 2.64. The number of alkyl halides is 2. The van der Waals surface area contributed by atoms with Crippen LogP contribution in [-0.4, -0.2) is 64.7 Å². The van der Waals surface area contributed by atoms with Crippen LogP contribution in [0.3, 0.4) is 0 Å². The van der Waals surface area contributed by atoms with Crippen LogP contribution in [0.5, 0.6) is 0 Å². The molecule has 1 saturated heterocycles. The van der Waals surface area contributed by atoms with E-state index >= 15 is 0 Å². The standard InChI is InChI=1S/C24H28F2N8O2/c1-15-2-3-16(22(27)31-34(28)18-12-24(25,26)13-18)10-20(15)30-23(35)19-14-29-33-5-4-17(11-21(19)33)32-6-8-36-9-7-32/h2-5,10-11,14,18H,6-9,12-13,28H2,1H3,(H2,27,31)(H,30,35). The minimum Gasteiger partial charge on any atom is -0.382 e. The number of fused-ring (bicyclic) bond motifs is 1. The number of benzene rings is 1. The Balaban J connectivity index is 1.34. The van der Waals surface area contributed by atoms with Crippen LogP contribution in [0.15, 0.2) is 47.8 Å². The fourth-order valence-corrected chi connectivity index (χ4v) is 4.35. The molecule has 1 saturated carbocycles. The van der Waals surface area contributed by atoms with Gasteiger partial charge in [0.1, 0.15) is 0 Å². The van der Waals surface area contributed by atoms with Crippen molar-refractivity contribution in [3.8, 4) is 0 Å². The lowest BCUT2D eigenvalue weighted by Gasteiger charge is -2.38. The minimum atomic E-state index is -2.71. The molecule has 2 aliphatic rings. The molecular weight excluding hydrogens is 470 g/mol. The van der Waals surface area contributed by atoms with E-state index in [9.17, 15) is 13.6 Å². The van der Waals surface area contributed by atoms with E-state index in [2.05, 4.69) is 20.4 Å². The van der Waals surface area contributed by atoms with Crippen LogP contribution in [0.25, 0.3) is 5.52 Å². The highest BCUT2D eigenvalue weighted by Gasteiger charge is 2.47. The number of carbonyl (C=O) groups is 1. The summed E-state index contributed by atoms with van der Waals surface area (Å²) in [5.41, 5.74) is 10.1. The Morgan fingerprint density at radius 1 is 1.25 bits per heavy atom. The number of amidine groups is 1. The molecule has 5 N–H and O–H groups in total. The number of hydrazone groups is 1. The Morgan fingerprint density at radius 3 is 2.72 bits per heavy atom. The number of ether oxygens (including phenoxy) is 1. The van der Waals surface area contributed by atoms with Crippen molar-refractivity contribution < 1.29 is 18.3 Å². The first-order chi connectivity index (χ1) is 17.2. The molecule has 12 heteroatoms.